The third kappa shape index (κ3) is 3.47. The topological polar surface area (TPSA) is 15.3 Å². The summed E-state index contributed by atoms with van der Waals surface area (Å²) in [6.45, 7) is 9.73. The molecule has 0 atom stereocenters. The van der Waals surface area contributed by atoms with Crippen molar-refractivity contribution < 1.29 is 0 Å². The van der Waals surface area contributed by atoms with E-state index < -0.39 is 0 Å². The van der Waals surface area contributed by atoms with Gasteiger partial charge in [-0.3, -0.25) is 4.90 Å². The molecule has 0 bridgehead atoms. The van der Waals surface area contributed by atoms with Gasteiger partial charge in [0.15, 0.2) is 0 Å². The number of hydrogen-bond donors (Lipinski definition) is 1. The third-order valence-electron chi connectivity index (χ3n) is 2.95. The highest BCUT2D eigenvalue weighted by Crippen LogP contribution is 2.08. The van der Waals surface area contributed by atoms with Crippen LogP contribution in [0.25, 0.3) is 0 Å². The maximum absolute atomic E-state index is 4.18. The molecule has 2 heteroatoms. The molecule has 2 nitrogen and oxygen atoms in total. The zero-order valence-corrected chi connectivity index (χ0v) is 9.78. The van der Waals surface area contributed by atoms with Gasteiger partial charge >= 0.3 is 0 Å². The van der Waals surface area contributed by atoms with Crippen molar-refractivity contribution >= 4 is 0 Å². The minimum absolute atomic E-state index is 1.00. The van der Waals surface area contributed by atoms with Gasteiger partial charge < -0.3 is 5.32 Å². The van der Waals surface area contributed by atoms with Crippen molar-refractivity contribution in [3.63, 3.8) is 0 Å². The van der Waals surface area contributed by atoms with Crippen molar-refractivity contribution in [1.82, 2.24) is 10.2 Å². The van der Waals surface area contributed by atoms with Crippen LogP contribution in [0.15, 0.2) is 42.5 Å². The summed E-state index contributed by atoms with van der Waals surface area (Å²) in [5, 5.41) is 3.37. The number of hydrogen-bond acceptors (Lipinski definition) is 2. The van der Waals surface area contributed by atoms with Gasteiger partial charge in [0.25, 0.3) is 0 Å². The first-order valence-electron chi connectivity index (χ1n) is 5.98. The van der Waals surface area contributed by atoms with Gasteiger partial charge in [0.2, 0.25) is 0 Å². The summed E-state index contributed by atoms with van der Waals surface area (Å²) in [5.41, 5.74) is 2.68. The molecule has 1 fully saturated rings. The Morgan fingerprint density at radius 3 is 2.56 bits per heavy atom. The predicted octanol–water partition coefficient (Wildman–Crippen LogP) is 1.69. The van der Waals surface area contributed by atoms with Gasteiger partial charge in [-0.15, -0.1) is 0 Å². The maximum atomic E-state index is 4.18. The van der Waals surface area contributed by atoms with E-state index in [9.17, 15) is 0 Å². The summed E-state index contributed by atoms with van der Waals surface area (Å²) in [6.07, 6.45) is 1.00. The van der Waals surface area contributed by atoms with Crippen LogP contribution in [0.1, 0.15) is 5.56 Å². The molecule has 1 aliphatic heterocycles. The highest BCUT2D eigenvalue weighted by molar-refractivity contribution is 5.21. The summed E-state index contributed by atoms with van der Waals surface area (Å²) in [6, 6.07) is 10.6. The molecule has 1 N–H and O–H groups in total. The normalized spacial score (nSPS) is 17.2. The third-order valence-corrected chi connectivity index (χ3v) is 2.95. The van der Waals surface area contributed by atoms with Gasteiger partial charge in [0.1, 0.15) is 0 Å². The van der Waals surface area contributed by atoms with E-state index in [1.807, 2.05) is 0 Å². The fraction of sp³-hybridized carbons (Fsp3) is 0.429. The Morgan fingerprint density at radius 2 is 1.88 bits per heavy atom. The number of benzene rings is 1. The maximum Gasteiger partial charge on any atom is 0.0194 e. The van der Waals surface area contributed by atoms with Crippen LogP contribution in [-0.2, 0) is 6.42 Å². The van der Waals surface area contributed by atoms with Crippen LogP contribution in [0.3, 0.4) is 0 Å². The van der Waals surface area contributed by atoms with Gasteiger partial charge in [0, 0.05) is 32.7 Å². The van der Waals surface area contributed by atoms with Crippen LogP contribution in [0, 0.1) is 0 Å². The second-order valence-electron chi connectivity index (χ2n) is 4.44. The van der Waals surface area contributed by atoms with Crippen molar-refractivity contribution in [2.24, 2.45) is 0 Å². The molecule has 0 saturated carbocycles. The standard InChI is InChI=1S/C14H20N2/c1-13(11-14-5-3-2-4-6-14)12-16-9-7-15-8-10-16/h2-6,15H,1,7-12H2. The first-order chi connectivity index (χ1) is 7.84. The predicted molar refractivity (Wildman–Crippen MR) is 68.6 cm³/mol. The van der Waals surface area contributed by atoms with Crippen molar-refractivity contribution in [3.8, 4) is 0 Å². The van der Waals surface area contributed by atoms with Crippen molar-refractivity contribution in [2.75, 3.05) is 32.7 Å². The van der Waals surface area contributed by atoms with Gasteiger partial charge in [-0.1, -0.05) is 42.5 Å². The largest absolute Gasteiger partial charge is 0.314 e. The molecule has 0 spiro atoms. The van der Waals surface area contributed by atoms with Crippen molar-refractivity contribution in [3.05, 3.63) is 48.0 Å². The molecule has 1 aromatic carbocycles. The average Bonchev–Trinajstić information content (AvgIpc) is 2.31. The average molecular weight is 216 g/mol. The van der Waals surface area contributed by atoms with Crippen LogP contribution in [0.2, 0.25) is 0 Å². The monoisotopic (exact) mass is 216 g/mol. The smallest absolute Gasteiger partial charge is 0.0194 e. The SMILES string of the molecule is C=C(Cc1ccccc1)CN1CCNCC1. The van der Waals surface area contributed by atoms with Crippen molar-refractivity contribution in [2.45, 2.75) is 6.42 Å². The van der Waals surface area contributed by atoms with E-state index in [1.165, 1.54) is 11.1 Å². The molecular weight excluding hydrogens is 196 g/mol. The quantitative estimate of drug-likeness (QED) is 0.771. The van der Waals surface area contributed by atoms with Gasteiger partial charge in [0.05, 0.1) is 0 Å². The Morgan fingerprint density at radius 1 is 1.19 bits per heavy atom. The lowest BCUT2D eigenvalue weighted by Gasteiger charge is -2.27. The zero-order chi connectivity index (χ0) is 11.2. The summed E-state index contributed by atoms with van der Waals surface area (Å²) < 4.78 is 0. The van der Waals surface area contributed by atoms with Crippen LogP contribution >= 0.6 is 0 Å². The highest BCUT2D eigenvalue weighted by Gasteiger charge is 2.10. The highest BCUT2D eigenvalue weighted by atomic mass is 15.2. The molecule has 1 heterocycles. The lowest BCUT2D eigenvalue weighted by molar-refractivity contribution is 0.258. The molecule has 0 amide bonds. The molecule has 1 aromatic rings. The summed E-state index contributed by atoms with van der Waals surface area (Å²) in [7, 11) is 0. The molecule has 1 aliphatic rings. The second kappa shape index (κ2) is 5.83. The lowest BCUT2D eigenvalue weighted by Crippen LogP contribution is -2.44. The van der Waals surface area contributed by atoms with E-state index in [-0.39, 0.29) is 0 Å². The molecular formula is C14H20N2. The molecule has 0 unspecified atom stereocenters. The first kappa shape index (κ1) is 11.4. The van der Waals surface area contributed by atoms with Crippen LogP contribution in [0.5, 0.6) is 0 Å². The Bertz CT molecular complexity index is 326. The molecule has 86 valence electrons. The first-order valence-corrected chi connectivity index (χ1v) is 5.98. The molecule has 0 aliphatic carbocycles. The Hall–Kier alpha value is -1.12. The fourth-order valence-electron chi connectivity index (χ4n) is 2.13. The number of nitrogens with one attached hydrogen (secondary N) is 1. The molecule has 2 rings (SSSR count). The molecule has 0 radical (unpaired) electrons. The second-order valence-corrected chi connectivity index (χ2v) is 4.44. The number of nitrogens with zero attached hydrogens (tertiary/aromatic N) is 1. The van der Waals surface area contributed by atoms with Crippen LogP contribution < -0.4 is 5.32 Å². The van der Waals surface area contributed by atoms with Gasteiger partial charge in [-0.2, -0.15) is 0 Å². The molecule has 0 aromatic heterocycles. The summed E-state index contributed by atoms with van der Waals surface area (Å²) >= 11 is 0. The van der Waals surface area contributed by atoms with Gasteiger partial charge in [-0.05, 0) is 12.0 Å². The number of rotatable bonds is 4. The molecule has 16 heavy (non-hydrogen) atoms. The summed E-state index contributed by atoms with van der Waals surface area (Å²) in [5.74, 6) is 0. The lowest BCUT2D eigenvalue weighted by atomic mass is 10.1. The Balaban J connectivity index is 1.80. The summed E-state index contributed by atoms with van der Waals surface area (Å²) in [4.78, 5) is 2.47. The minimum atomic E-state index is 1.00. The van der Waals surface area contributed by atoms with Gasteiger partial charge in [-0.25, -0.2) is 0 Å². The Labute approximate surface area is 98.0 Å². The minimum Gasteiger partial charge on any atom is -0.314 e. The number of piperazine rings is 1. The zero-order valence-electron chi connectivity index (χ0n) is 9.78. The van der Waals surface area contributed by atoms with E-state index in [2.05, 4.69) is 47.1 Å². The van der Waals surface area contributed by atoms with Crippen molar-refractivity contribution in [1.29, 1.82) is 0 Å². The Kier molecular flexibility index (Phi) is 4.14. The van der Waals surface area contributed by atoms with Crippen LogP contribution in [0.4, 0.5) is 0 Å². The van der Waals surface area contributed by atoms with E-state index in [0.29, 0.717) is 0 Å². The van der Waals surface area contributed by atoms with E-state index >= 15 is 0 Å². The van der Waals surface area contributed by atoms with E-state index in [1.54, 1.807) is 0 Å². The van der Waals surface area contributed by atoms with E-state index in [4.69, 9.17) is 0 Å². The fourth-order valence-corrected chi connectivity index (χ4v) is 2.13. The molecule has 1 saturated heterocycles. The van der Waals surface area contributed by atoms with Crippen LogP contribution in [-0.4, -0.2) is 37.6 Å². The van der Waals surface area contributed by atoms with E-state index in [0.717, 1.165) is 39.1 Å².